The summed E-state index contributed by atoms with van der Waals surface area (Å²) in [7, 11) is 0. The molecule has 4 heteroatoms. The highest BCUT2D eigenvalue weighted by Crippen LogP contribution is 2.07. The van der Waals surface area contributed by atoms with Crippen molar-refractivity contribution in [2.24, 2.45) is 5.73 Å². The van der Waals surface area contributed by atoms with E-state index in [2.05, 4.69) is 0 Å². The molecule has 0 aromatic heterocycles. The van der Waals surface area contributed by atoms with Crippen molar-refractivity contribution in [2.75, 3.05) is 6.54 Å². The van der Waals surface area contributed by atoms with Crippen molar-refractivity contribution in [3.8, 4) is 0 Å². The topological polar surface area (TPSA) is 72.5 Å². The van der Waals surface area contributed by atoms with E-state index in [1.807, 2.05) is 0 Å². The number of rotatable bonds is 2. The second-order valence-corrected chi connectivity index (χ2v) is 3.28. The van der Waals surface area contributed by atoms with Crippen LogP contribution in [0.3, 0.4) is 0 Å². The average molecular weight is 161 g/mol. The molecule has 0 aromatic rings. The van der Waals surface area contributed by atoms with E-state index in [1.54, 1.807) is 20.8 Å². The van der Waals surface area contributed by atoms with E-state index >= 15 is 0 Å². The van der Waals surface area contributed by atoms with Crippen molar-refractivity contribution in [3.05, 3.63) is 0 Å². The highest BCUT2D eigenvalue weighted by molar-refractivity contribution is 5.74. The minimum absolute atomic E-state index is 0.102. The van der Waals surface area contributed by atoms with Gasteiger partial charge in [0.25, 0.3) is 0 Å². The molecule has 0 amide bonds. The van der Waals surface area contributed by atoms with Crippen LogP contribution >= 0.6 is 0 Å². The monoisotopic (exact) mass is 161 g/mol. The van der Waals surface area contributed by atoms with Crippen LogP contribution in [0.25, 0.3) is 0 Å². The van der Waals surface area contributed by atoms with E-state index < -0.39 is 17.7 Å². The summed E-state index contributed by atoms with van der Waals surface area (Å²) in [6.07, 6.45) is -1.20. The summed E-state index contributed by atoms with van der Waals surface area (Å²) in [6, 6.07) is 0. The molecule has 3 N–H and O–H groups in total. The molecule has 0 radical (unpaired) electrons. The fourth-order valence-electron chi connectivity index (χ4n) is 0.466. The van der Waals surface area contributed by atoms with Gasteiger partial charge in [0.1, 0.15) is 5.60 Å². The number of hydrogen-bond donors (Lipinski definition) is 2. The molecule has 1 unspecified atom stereocenters. The normalized spacial score (nSPS) is 14.3. The maximum absolute atomic E-state index is 10.8. The number of carbonyl (C=O) groups excluding carboxylic acids is 1. The van der Waals surface area contributed by atoms with Crippen LogP contribution in [-0.2, 0) is 9.53 Å². The highest BCUT2D eigenvalue weighted by atomic mass is 16.6. The molecule has 0 aliphatic rings. The standard InChI is InChI=1S/C7H15NO3/c1-7(2,3)11-6(10)5(9)4-8/h5,9H,4,8H2,1-3H3. The molecule has 0 bridgehead atoms. The second-order valence-electron chi connectivity index (χ2n) is 3.28. The minimum atomic E-state index is -1.20. The number of carbonyl (C=O) groups is 1. The molecule has 0 rings (SSSR count). The summed E-state index contributed by atoms with van der Waals surface area (Å²) < 4.78 is 4.82. The van der Waals surface area contributed by atoms with Gasteiger partial charge in [-0.25, -0.2) is 4.79 Å². The number of hydrogen-bond acceptors (Lipinski definition) is 4. The number of aliphatic hydroxyl groups excluding tert-OH is 1. The molecule has 0 spiro atoms. The van der Waals surface area contributed by atoms with Gasteiger partial charge in [-0.3, -0.25) is 0 Å². The Balaban J connectivity index is 3.88. The lowest BCUT2D eigenvalue weighted by molar-refractivity contribution is -0.164. The van der Waals surface area contributed by atoms with E-state index in [9.17, 15) is 4.79 Å². The summed E-state index contributed by atoms with van der Waals surface area (Å²) in [4.78, 5) is 10.8. The first kappa shape index (κ1) is 10.4. The van der Waals surface area contributed by atoms with Crippen LogP contribution in [0.4, 0.5) is 0 Å². The molecule has 0 aromatic carbocycles. The Hall–Kier alpha value is -0.610. The van der Waals surface area contributed by atoms with Crippen LogP contribution < -0.4 is 5.73 Å². The van der Waals surface area contributed by atoms with Gasteiger partial charge in [-0.2, -0.15) is 0 Å². The van der Waals surface area contributed by atoms with E-state index in [0.717, 1.165) is 0 Å². The molecule has 0 saturated heterocycles. The SMILES string of the molecule is CC(C)(C)OC(=O)C(O)CN. The molecule has 0 aliphatic carbocycles. The summed E-state index contributed by atoms with van der Waals surface area (Å²) in [5, 5.41) is 8.89. The van der Waals surface area contributed by atoms with Crippen molar-refractivity contribution < 1.29 is 14.6 Å². The predicted octanol–water partition coefficient (Wildman–Crippen LogP) is -0.352. The van der Waals surface area contributed by atoms with Crippen molar-refractivity contribution in [1.29, 1.82) is 0 Å². The molecule has 0 heterocycles. The highest BCUT2D eigenvalue weighted by Gasteiger charge is 2.21. The number of nitrogens with two attached hydrogens (primary N) is 1. The van der Waals surface area contributed by atoms with Crippen molar-refractivity contribution in [3.63, 3.8) is 0 Å². The largest absolute Gasteiger partial charge is 0.458 e. The van der Waals surface area contributed by atoms with Crippen LogP contribution in [0.1, 0.15) is 20.8 Å². The zero-order chi connectivity index (χ0) is 9.07. The maximum atomic E-state index is 10.8. The number of ether oxygens (including phenoxy) is 1. The van der Waals surface area contributed by atoms with Gasteiger partial charge in [-0.1, -0.05) is 0 Å². The Labute approximate surface area is 66.3 Å². The third kappa shape index (κ3) is 4.75. The second kappa shape index (κ2) is 3.69. The molecule has 0 fully saturated rings. The lowest BCUT2D eigenvalue weighted by atomic mass is 10.2. The molecule has 0 aliphatic heterocycles. The molecule has 11 heavy (non-hydrogen) atoms. The smallest absolute Gasteiger partial charge is 0.336 e. The van der Waals surface area contributed by atoms with E-state index in [0.29, 0.717) is 0 Å². The third-order valence-electron chi connectivity index (χ3n) is 0.902. The van der Waals surface area contributed by atoms with Crippen LogP contribution in [0.5, 0.6) is 0 Å². The molecule has 66 valence electrons. The fraction of sp³-hybridized carbons (Fsp3) is 0.857. The minimum Gasteiger partial charge on any atom is -0.458 e. The third-order valence-corrected chi connectivity index (χ3v) is 0.902. The summed E-state index contributed by atoms with van der Waals surface area (Å²) in [5.41, 5.74) is 4.48. The predicted molar refractivity (Wildman–Crippen MR) is 40.9 cm³/mol. The number of aliphatic hydroxyl groups is 1. The van der Waals surface area contributed by atoms with E-state index in [-0.39, 0.29) is 6.54 Å². The zero-order valence-corrected chi connectivity index (χ0v) is 7.13. The molecular formula is C7H15NO3. The van der Waals surface area contributed by atoms with Gasteiger partial charge >= 0.3 is 5.97 Å². The Bertz CT molecular complexity index is 139. The average Bonchev–Trinajstić information content (AvgIpc) is 1.82. The first-order valence-electron chi connectivity index (χ1n) is 3.48. The summed E-state index contributed by atoms with van der Waals surface area (Å²) >= 11 is 0. The Morgan fingerprint density at radius 3 is 2.36 bits per heavy atom. The van der Waals surface area contributed by atoms with Gasteiger partial charge in [0.15, 0.2) is 6.10 Å². The molecular weight excluding hydrogens is 146 g/mol. The van der Waals surface area contributed by atoms with Gasteiger partial charge in [0.2, 0.25) is 0 Å². The van der Waals surface area contributed by atoms with Crippen LogP contribution in [0.2, 0.25) is 0 Å². The Kier molecular flexibility index (Phi) is 3.48. The maximum Gasteiger partial charge on any atom is 0.336 e. The zero-order valence-electron chi connectivity index (χ0n) is 7.13. The first-order valence-corrected chi connectivity index (χ1v) is 3.48. The van der Waals surface area contributed by atoms with Crippen LogP contribution in [0.15, 0.2) is 0 Å². The Morgan fingerprint density at radius 2 is 2.09 bits per heavy atom. The van der Waals surface area contributed by atoms with Crippen molar-refractivity contribution >= 4 is 5.97 Å². The van der Waals surface area contributed by atoms with Crippen molar-refractivity contribution in [1.82, 2.24) is 0 Å². The van der Waals surface area contributed by atoms with Gasteiger partial charge < -0.3 is 15.6 Å². The quantitative estimate of drug-likeness (QED) is 0.543. The summed E-state index contributed by atoms with van der Waals surface area (Å²) in [5.74, 6) is -0.667. The lowest BCUT2D eigenvalue weighted by Crippen LogP contribution is -2.36. The Morgan fingerprint density at radius 1 is 1.64 bits per heavy atom. The first-order chi connectivity index (χ1) is 4.87. The van der Waals surface area contributed by atoms with Gasteiger partial charge in [0, 0.05) is 6.54 Å². The van der Waals surface area contributed by atoms with Gasteiger partial charge in [0.05, 0.1) is 0 Å². The fourth-order valence-corrected chi connectivity index (χ4v) is 0.466. The van der Waals surface area contributed by atoms with E-state index in [1.165, 1.54) is 0 Å². The van der Waals surface area contributed by atoms with Crippen molar-refractivity contribution in [2.45, 2.75) is 32.5 Å². The van der Waals surface area contributed by atoms with Crippen LogP contribution in [0, 0.1) is 0 Å². The molecule has 4 nitrogen and oxygen atoms in total. The number of esters is 1. The molecule has 0 saturated carbocycles. The van der Waals surface area contributed by atoms with E-state index in [4.69, 9.17) is 15.6 Å². The summed E-state index contributed by atoms with van der Waals surface area (Å²) in [6.45, 7) is 5.09. The lowest BCUT2D eigenvalue weighted by Gasteiger charge is -2.20. The van der Waals surface area contributed by atoms with Gasteiger partial charge in [-0.05, 0) is 20.8 Å². The van der Waals surface area contributed by atoms with Gasteiger partial charge in [-0.15, -0.1) is 0 Å². The molecule has 1 atom stereocenters. The van der Waals surface area contributed by atoms with Crippen LogP contribution in [-0.4, -0.2) is 29.3 Å².